The first-order chi connectivity index (χ1) is 13.2. The highest BCUT2D eigenvalue weighted by molar-refractivity contribution is 5.94. The molecule has 0 unspecified atom stereocenters. The van der Waals surface area contributed by atoms with Crippen molar-refractivity contribution in [3.05, 3.63) is 75.3 Å². The van der Waals surface area contributed by atoms with E-state index in [1.54, 1.807) is 11.0 Å². The van der Waals surface area contributed by atoms with Crippen molar-refractivity contribution in [2.45, 2.75) is 12.7 Å². The first kappa shape index (κ1) is 19.8. The van der Waals surface area contributed by atoms with Crippen molar-refractivity contribution < 1.29 is 27.8 Å². The van der Waals surface area contributed by atoms with Crippen LogP contribution in [-0.2, 0) is 12.7 Å². The number of benzene rings is 2. The second-order valence-corrected chi connectivity index (χ2v) is 6.72. The lowest BCUT2D eigenvalue weighted by atomic mass is 10.1. The van der Waals surface area contributed by atoms with Gasteiger partial charge in [0.1, 0.15) is 6.54 Å². The molecule has 0 radical (unpaired) electrons. The van der Waals surface area contributed by atoms with Crippen LogP contribution in [0.4, 0.5) is 18.9 Å². The topological polar surface area (TPSA) is 67.9 Å². The van der Waals surface area contributed by atoms with Gasteiger partial charge in [-0.3, -0.25) is 14.9 Å². The Kier molecular flexibility index (Phi) is 5.64. The third kappa shape index (κ3) is 4.66. The van der Waals surface area contributed by atoms with Gasteiger partial charge in [0.2, 0.25) is 0 Å². The minimum Gasteiger partial charge on any atom is -0.328 e. The smallest absolute Gasteiger partial charge is 0.328 e. The Labute approximate surface area is 159 Å². The summed E-state index contributed by atoms with van der Waals surface area (Å²) >= 11 is 0. The zero-order valence-corrected chi connectivity index (χ0v) is 14.9. The lowest BCUT2D eigenvalue weighted by molar-refractivity contribution is -0.917. The van der Waals surface area contributed by atoms with Gasteiger partial charge >= 0.3 is 6.18 Å². The number of amides is 1. The van der Waals surface area contributed by atoms with Crippen LogP contribution in [-0.4, -0.2) is 41.9 Å². The average molecular weight is 394 g/mol. The van der Waals surface area contributed by atoms with Crippen LogP contribution in [0.5, 0.6) is 0 Å². The number of alkyl halides is 3. The highest BCUT2D eigenvalue weighted by Crippen LogP contribution is 2.29. The van der Waals surface area contributed by atoms with Gasteiger partial charge in [0.05, 0.1) is 36.7 Å². The predicted molar refractivity (Wildman–Crippen MR) is 94.8 cm³/mol. The Morgan fingerprint density at radius 2 is 1.75 bits per heavy atom. The Morgan fingerprint density at radius 3 is 2.32 bits per heavy atom. The summed E-state index contributed by atoms with van der Waals surface area (Å²) in [6.45, 7) is 2.65. The van der Waals surface area contributed by atoms with Gasteiger partial charge in [-0.2, -0.15) is 13.2 Å². The molecule has 28 heavy (non-hydrogen) atoms. The summed E-state index contributed by atoms with van der Waals surface area (Å²) in [6.07, 6.45) is -4.36. The highest BCUT2D eigenvalue weighted by atomic mass is 19.4. The first-order valence-corrected chi connectivity index (χ1v) is 8.77. The highest BCUT2D eigenvalue weighted by Gasteiger charge is 2.31. The number of carbonyl (C=O) groups is 1. The molecule has 1 N–H and O–H groups in total. The molecule has 0 spiro atoms. The molecule has 0 aliphatic carbocycles. The number of non-ortho nitro benzene ring substituents is 1. The third-order valence-corrected chi connectivity index (χ3v) is 4.79. The van der Waals surface area contributed by atoms with Crippen molar-refractivity contribution in [2.24, 2.45) is 0 Å². The van der Waals surface area contributed by atoms with E-state index in [0.29, 0.717) is 43.9 Å². The van der Waals surface area contributed by atoms with Crippen LogP contribution in [0, 0.1) is 10.1 Å². The number of hydrogen-bond donors (Lipinski definition) is 1. The molecule has 1 saturated heterocycles. The lowest BCUT2D eigenvalue weighted by Gasteiger charge is -2.32. The SMILES string of the molecule is O=C(c1ccc([N+](=O)[O-])cc1)N1CC[NH+](Cc2cccc(C(F)(F)F)c2)CC1. The van der Waals surface area contributed by atoms with Gasteiger partial charge in [-0.05, 0) is 24.3 Å². The molecular formula is C19H19F3N3O3+. The largest absolute Gasteiger partial charge is 0.416 e. The molecule has 0 bridgehead atoms. The molecule has 1 aliphatic heterocycles. The summed E-state index contributed by atoms with van der Waals surface area (Å²) in [5.41, 5.74) is 0.259. The standard InChI is InChI=1S/C19H18F3N3O3/c20-19(21,22)16-3-1-2-14(12-16)13-23-8-10-24(11-9-23)18(26)15-4-6-17(7-5-15)25(27)28/h1-7,12H,8-11,13H2/p+1. The minimum absolute atomic E-state index is 0.0769. The molecule has 9 heteroatoms. The Morgan fingerprint density at radius 1 is 1.11 bits per heavy atom. The summed E-state index contributed by atoms with van der Waals surface area (Å²) < 4.78 is 38.5. The number of nitro benzene ring substituents is 1. The minimum atomic E-state index is -4.36. The fourth-order valence-electron chi connectivity index (χ4n) is 3.26. The number of rotatable bonds is 4. The van der Waals surface area contributed by atoms with E-state index in [1.165, 1.54) is 36.4 Å². The summed E-state index contributed by atoms with van der Waals surface area (Å²) in [4.78, 5) is 25.5. The molecule has 1 amide bonds. The lowest BCUT2D eigenvalue weighted by Crippen LogP contribution is -3.13. The van der Waals surface area contributed by atoms with Crippen molar-refractivity contribution in [3.8, 4) is 0 Å². The Balaban J connectivity index is 1.57. The number of halogens is 3. The van der Waals surface area contributed by atoms with E-state index in [0.717, 1.165) is 11.0 Å². The van der Waals surface area contributed by atoms with E-state index >= 15 is 0 Å². The van der Waals surface area contributed by atoms with Crippen LogP contribution in [0.15, 0.2) is 48.5 Å². The Hall–Kier alpha value is -2.94. The summed E-state index contributed by atoms with van der Waals surface area (Å²) in [5.74, 6) is -0.201. The van der Waals surface area contributed by atoms with Gasteiger partial charge in [-0.25, -0.2) is 0 Å². The number of piperazine rings is 1. The molecule has 0 aromatic heterocycles. The average Bonchev–Trinajstić information content (AvgIpc) is 2.68. The van der Waals surface area contributed by atoms with Crippen molar-refractivity contribution in [1.29, 1.82) is 0 Å². The summed E-state index contributed by atoms with van der Waals surface area (Å²) in [5, 5.41) is 10.7. The molecule has 0 saturated carbocycles. The van der Waals surface area contributed by atoms with Gasteiger partial charge in [-0.15, -0.1) is 0 Å². The van der Waals surface area contributed by atoms with Gasteiger partial charge < -0.3 is 9.80 Å². The van der Waals surface area contributed by atoms with Crippen molar-refractivity contribution >= 4 is 11.6 Å². The molecule has 0 atom stereocenters. The molecular weight excluding hydrogens is 375 g/mol. The van der Waals surface area contributed by atoms with Crippen molar-refractivity contribution in [3.63, 3.8) is 0 Å². The van der Waals surface area contributed by atoms with Crippen LogP contribution < -0.4 is 4.90 Å². The van der Waals surface area contributed by atoms with E-state index < -0.39 is 16.7 Å². The van der Waals surface area contributed by atoms with Crippen LogP contribution in [0.25, 0.3) is 0 Å². The molecule has 2 aromatic rings. The fourth-order valence-corrected chi connectivity index (χ4v) is 3.26. The fraction of sp³-hybridized carbons (Fsp3) is 0.316. The summed E-state index contributed by atoms with van der Waals surface area (Å²) in [6, 6.07) is 10.8. The van der Waals surface area contributed by atoms with Gasteiger partial charge in [0, 0.05) is 23.3 Å². The maximum absolute atomic E-state index is 12.8. The monoisotopic (exact) mass is 394 g/mol. The molecule has 6 nitrogen and oxygen atoms in total. The zero-order chi connectivity index (χ0) is 20.3. The van der Waals surface area contributed by atoms with Crippen molar-refractivity contribution in [2.75, 3.05) is 26.2 Å². The summed E-state index contributed by atoms with van der Waals surface area (Å²) in [7, 11) is 0. The van der Waals surface area contributed by atoms with Crippen LogP contribution >= 0.6 is 0 Å². The zero-order valence-electron chi connectivity index (χ0n) is 14.9. The van der Waals surface area contributed by atoms with Crippen molar-refractivity contribution in [1.82, 2.24) is 4.90 Å². The second kappa shape index (κ2) is 7.97. The molecule has 1 fully saturated rings. The number of nitrogens with one attached hydrogen (secondary N) is 1. The third-order valence-electron chi connectivity index (χ3n) is 4.79. The number of carbonyl (C=O) groups excluding carboxylic acids is 1. The quantitative estimate of drug-likeness (QED) is 0.638. The van der Waals surface area contributed by atoms with Gasteiger partial charge in [0.15, 0.2) is 0 Å². The van der Waals surface area contributed by atoms with Crippen LogP contribution in [0.3, 0.4) is 0 Å². The van der Waals surface area contributed by atoms with E-state index in [4.69, 9.17) is 0 Å². The van der Waals surface area contributed by atoms with E-state index in [-0.39, 0.29) is 11.6 Å². The Bertz CT molecular complexity index is 861. The number of quaternary nitrogens is 1. The first-order valence-electron chi connectivity index (χ1n) is 8.77. The van der Waals surface area contributed by atoms with E-state index in [9.17, 15) is 28.1 Å². The van der Waals surface area contributed by atoms with E-state index in [1.807, 2.05) is 0 Å². The maximum Gasteiger partial charge on any atom is 0.416 e. The normalized spacial score (nSPS) is 15.5. The molecule has 3 rings (SSSR count). The maximum atomic E-state index is 12.8. The molecule has 2 aromatic carbocycles. The van der Waals surface area contributed by atoms with Crippen LogP contribution in [0.1, 0.15) is 21.5 Å². The van der Waals surface area contributed by atoms with Gasteiger partial charge in [0.25, 0.3) is 11.6 Å². The molecule has 1 aliphatic rings. The number of nitrogens with zero attached hydrogens (tertiary/aromatic N) is 2. The molecule has 148 valence electrons. The van der Waals surface area contributed by atoms with E-state index in [2.05, 4.69) is 0 Å². The molecule has 1 heterocycles. The van der Waals surface area contributed by atoms with Crippen LogP contribution in [0.2, 0.25) is 0 Å². The predicted octanol–water partition coefficient (Wildman–Crippen LogP) is 2.15. The van der Waals surface area contributed by atoms with Gasteiger partial charge in [-0.1, -0.05) is 12.1 Å². The second-order valence-electron chi connectivity index (χ2n) is 6.72. The number of nitro groups is 1. The number of hydrogen-bond acceptors (Lipinski definition) is 3.